The van der Waals surface area contributed by atoms with Crippen molar-refractivity contribution in [2.75, 3.05) is 18.5 Å². The molecule has 1 aromatic rings. The third kappa shape index (κ3) is 2.77. The van der Waals surface area contributed by atoms with Gasteiger partial charge in [-0.25, -0.2) is 0 Å². The maximum Gasteiger partial charge on any atom is 0.0992 e. The van der Waals surface area contributed by atoms with E-state index in [-0.39, 0.29) is 0 Å². The molecule has 0 heterocycles. The monoisotopic (exact) mass is 187 g/mol. The molecule has 0 unspecified atom stereocenters. The summed E-state index contributed by atoms with van der Waals surface area (Å²) in [6.07, 6.45) is 2.02. The van der Waals surface area contributed by atoms with Gasteiger partial charge in [0.2, 0.25) is 0 Å². The van der Waals surface area contributed by atoms with E-state index >= 15 is 0 Å². The van der Waals surface area contributed by atoms with Crippen LogP contribution in [-0.4, -0.2) is 13.6 Å². The topological polar surface area (TPSA) is 27.0 Å². The van der Waals surface area contributed by atoms with Crippen LogP contribution < -0.4 is 4.90 Å². The summed E-state index contributed by atoms with van der Waals surface area (Å²) in [7, 11) is 2.03. The number of nitriles is 1. The molecule has 2 heteroatoms. The van der Waals surface area contributed by atoms with Gasteiger partial charge in [-0.15, -0.1) is 0 Å². The van der Waals surface area contributed by atoms with Crippen LogP contribution in [0.25, 0.3) is 0 Å². The lowest BCUT2D eigenvalue weighted by molar-refractivity contribution is 0.799. The quantitative estimate of drug-likeness (QED) is 0.724. The molecule has 0 aliphatic heterocycles. The first-order chi connectivity index (χ1) is 6.77. The van der Waals surface area contributed by atoms with E-state index in [2.05, 4.69) is 17.9 Å². The highest BCUT2D eigenvalue weighted by Gasteiger charge is 2.00. The molecule has 1 aromatic carbocycles. The minimum Gasteiger partial charge on any atom is -0.375 e. The highest BCUT2D eigenvalue weighted by molar-refractivity contribution is 5.50. The molecule has 73 valence electrons. The van der Waals surface area contributed by atoms with Crippen molar-refractivity contribution in [3.63, 3.8) is 0 Å². The zero-order valence-electron chi connectivity index (χ0n) is 8.53. The lowest BCUT2D eigenvalue weighted by Gasteiger charge is -2.18. The molecule has 0 aromatic heterocycles. The lowest BCUT2D eigenvalue weighted by Crippen LogP contribution is -2.18. The van der Waals surface area contributed by atoms with Crippen LogP contribution in [-0.2, 0) is 0 Å². The highest BCUT2D eigenvalue weighted by Crippen LogP contribution is 2.14. The van der Waals surface area contributed by atoms with Crippen LogP contribution in [0.1, 0.15) is 18.4 Å². The molecule has 1 rings (SSSR count). The first kappa shape index (κ1) is 10.6. The van der Waals surface area contributed by atoms with E-state index in [0.717, 1.165) is 25.1 Å². The van der Waals surface area contributed by atoms with Crippen LogP contribution in [0.3, 0.4) is 0 Å². The van der Waals surface area contributed by atoms with Gasteiger partial charge in [-0.3, -0.25) is 0 Å². The third-order valence-corrected chi connectivity index (χ3v) is 2.16. The molecule has 0 spiro atoms. The second-order valence-corrected chi connectivity index (χ2v) is 3.29. The van der Waals surface area contributed by atoms with E-state index in [0.29, 0.717) is 5.56 Å². The average molecular weight is 187 g/mol. The zero-order valence-corrected chi connectivity index (χ0v) is 8.53. The largest absolute Gasteiger partial charge is 0.375 e. The molecule has 14 heavy (non-hydrogen) atoms. The van der Waals surface area contributed by atoms with E-state index in [1.54, 1.807) is 0 Å². The summed E-state index contributed by atoms with van der Waals surface area (Å²) in [4.78, 5) is 2.14. The summed E-state index contributed by atoms with van der Waals surface area (Å²) in [5.74, 6) is 0. The van der Waals surface area contributed by atoms with Crippen LogP contribution in [0.4, 0.5) is 5.69 Å². The summed E-state index contributed by atoms with van der Waals surface area (Å²) >= 11 is 0. The smallest absolute Gasteiger partial charge is 0.0992 e. The Hall–Kier alpha value is -1.49. The Labute approximate surface area is 85.8 Å². The molecule has 0 fully saturated rings. The van der Waals surface area contributed by atoms with Crippen LogP contribution in [0.2, 0.25) is 0 Å². The molecule has 0 N–H and O–H groups in total. The van der Waals surface area contributed by atoms with Crippen molar-refractivity contribution in [3.8, 4) is 6.07 Å². The summed E-state index contributed by atoms with van der Waals surface area (Å²) in [5.41, 5.74) is 1.81. The van der Waals surface area contributed by atoms with Gasteiger partial charge in [0.25, 0.3) is 0 Å². The van der Waals surface area contributed by atoms with Crippen molar-refractivity contribution >= 4 is 5.69 Å². The van der Waals surface area contributed by atoms with Crippen molar-refractivity contribution in [1.29, 1.82) is 5.26 Å². The molecule has 0 amide bonds. The Morgan fingerprint density at radius 1 is 1.50 bits per heavy atom. The fourth-order valence-electron chi connectivity index (χ4n) is 1.29. The fraction of sp³-hybridized carbons (Fsp3) is 0.333. The second kappa shape index (κ2) is 5.29. The van der Waals surface area contributed by atoms with Gasteiger partial charge in [-0.05, 0) is 24.6 Å². The predicted octanol–water partition coefficient (Wildman–Crippen LogP) is 2.61. The summed E-state index contributed by atoms with van der Waals surface area (Å²) in [6.45, 7) is 4.79. The van der Waals surface area contributed by atoms with Gasteiger partial charge in [-0.1, -0.05) is 19.4 Å². The SMILES string of the molecule is [CH2]CCCN(C)c1cccc(C#N)c1. The summed E-state index contributed by atoms with van der Waals surface area (Å²) in [6, 6.07) is 9.79. The van der Waals surface area contributed by atoms with E-state index < -0.39 is 0 Å². The number of benzene rings is 1. The first-order valence-electron chi connectivity index (χ1n) is 4.78. The van der Waals surface area contributed by atoms with Crippen LogP contribution >= 0.6 is 0 Å². The van der Waals surface area contributed by atoms with Crippen molar-refractivity contribution in [1.82, 2.24) is 0 Å². The Morgan fingerprint density at radius 2 is 2.29 bits per heavy atom. The van der Waals surface area contributed by atoms with Crippen LogP contribution in [0, 0.1) is 18.3 Å². The Morgan fingerprint density at radius 3 is 2.93 bits per heavy atom. The molecule has 0 bridgehead atoms. The van der Waals surface area contributed by atoms with Crippen LogP contribution in [0.15, 0.2) is 24.3 Å². The zero-order chi connectivity index (χ0) is 10.4. The number of unbranched alkanes of at least 4 members (excludes halogenated alkanes) is 1. The number of nitrogens with zero attached hydrogens (tertiary/aromatic N) is 2. The molecule has 0 atom stereocenters. The Balaban J connectivity index is 2.70. The van der Waals surface area contributed by atoms with E-state index in [1.807, 2.05) is 31.3 Å². The van der Waals surface area contributed by atoms with Gasteiger partial charge in [0.1, 0.15) is 0 Å². The van der Waals surface area contributed by atoms with Gasteiger partial charge in [0.15, 0.2) is 0 Å². The molecular weight excluding hydrogens is 172 g/mol. The van der Waals surface area contributed by atoms with Gasteiger partial charge in [0.05, 0.1) is 11.6 Å². The van der Waals surface area contributed by atoms with E-state index in [1.165, 1.54) is 0 Å². The van der Waals surface area contributed by atoms with Gasteiger partial charge >= 0.3 is 0 Å². The number of rotatable bonds is 4. The maximum absolute atomic E-state index is 8.74. The predicted molar refractivity (Wildman–Crippen MR) is 59.0 cm³/mol. The van der Waals surface area contributed by atoms with Crippen molar-refractivity contribution in [2.24, 2.45) is 0 Å². The first-order valence-corrected chi connectivity index (χ1v) is 4.78. The summed E-state index contributed by atoms with van der Waals surface area (Å²) in [5, 5.41) is 8.74. The molecule has 0 saturated carbocycles. The third-order valence-electron chi connectivity index (χ3n) is 2.16. The normalized spacial score (nSPS) is 9.50. The lowest BCUT2D eigenvalue weighted by atomic mass is 10.2. The van der Waals surface area contributed by atoms with E-state index in [9.17, 15) is 0 Å². The molecule has 2 nitrogen and oxygen atoms in total. The Kier molecular flexibility index (Phi) is 4.00. The highest BCUT2D eigenvalue weighted by atomic mass is 15.1. The van der Waals surface area contributed by atoms with E-state index in [4.69, 9.17) is 5.26 Å². The van der Waals surface area contributed by atoms with Gasteiger partial charge in [0, 0.05) is 19.3 Å². The van der Waals surface area contributed by atoms with Crippen molar-refractivity contribution in [3.05, 3.63) is 36.8 Å². The van der Waals surface area contributed by atoms with Gasteiger partial charge < -0.3 is 4.90 Å². The van der Waals surface area contributed by atoms with Crippen LogP contribution in [0.5, 0.6) is 0 Å². The fourth-order valence-corrected chi connectivity index (χ4v) is 1.29. The number of hydrogen-bond acceptors (Lipinski definition) is 2. The summed E-state index contributed by atoms with van der Waals surface area (Å²) < 4.78 is 0. The molecule has 0 saturated heterocycles. The number of anilines is 1. The second-order valence-electron chi connectivity index (χ2n) is 3.29. The molecule has 0 aliphatic carbocycles. The minimum atomic E-state index is 0.712. The minimum absolute atomic E-state index is 0.712. The standard InChI is InChI=1S/C12H15N2/c1-3-4-8-14(2)12-7-5-6-11(9-12)10-13/h5-7,9H,1,3-4,8H2,2H3. The van der Waals surface area contributed by atoms with Crippen molar-refractivity contribution < 1.29 is 0 Å². The van der Waals surface area contributed by atoms with Crippen molar-refractivity contribution in [2.45, 2.75) is 12.8 Å². The molecule has 0 aliphatic rings. The average Bonchev–Trinajstić information content (AvgIpc) is 2.26. The molecular formula is C12H15N2. The number of hydrogen-bond donors (Lipinski definition) is 0. The Bertz CT molecular complexity index is 325. The molecule has 1 radical (unpaired) electrons. The maximum atomic E-state index is 8.74. The van der Waals surface area contributed by atoms with Gasteiger partial charge in [-0.2, -0.15) is 5.26 Å².